The Hall–Kier alpha value is -1.59. The van der Waals surface area contributed by atoms with E-state index in [4.69, 9.17) is 4.74 Å². The predicted molar refractivity (Wildman–Crippen MR) is 62.2 cm³/mol. The molecule has 2 amide bonds. The highest BCUT2D eigenvalue weighted by atomic mass is 16.5. The van der Waals surface area contributed by atoms with Crippen molar-refractivity contribution in [1.29, 1.82) is 0 Å². The third-order valence-corrected chi connectivity index (χ3v) is 1.98. The van der Waals surface area contributed by atoms with Crippen LogP contribution in [-0.2, 0) is 19.1 Å². The summed E-state index contributed by atoms with van der Waals surface area (Å²) in [6, 6.07) is -0.560. The van der Waals surface area contributed by atoms with Gasteiger partial charge >= 0.3 is 5.97 Å². The minimum absolute atomic E-state index is 0.251. The van der Waals surface area contributed by atoms with Crippen LogP contribution in [-0.4, -0.2) is 37.0 Å². The van der Waals surface area contributed by atoms with Crippen LogP contribution in [0.25, 0.3) is 0 Å². The maximum atomic E-state index is 11.4. The van der Waals surface area contributed by atoms with Gasteiger partial charge in [0.1, 0.15) is 6.04 Å². The first-order chi connectivity index (χ1) is 7.97. The molecule has 17 heavy (non-hydrogen) atoms. The summed E-state index contributed by atoms with van der Waals surface area (Å²) in [5.74, 6) is -0.778. The van der Waals surface area contributed by atoms with Crippen LogP contribution in [0.1, 0.15) is 33.6 Å². The van der Waals surface area contributed by atoms with Gasteiger partial charge in [-0.3, -0.25) is 14.4 Å². The van der Waals surface area contributed by atoms with E-state index in [-0.39, 0.29) is 24.2 Å². The Balaban J connectivity index is 3.64. The van der Waals surface area contributed by atoms with Crippen LogP contribution in [0.2, 0.25) is 0 Å². The van der Waals surface area contributed by atoms with E-state index < -0.39 is 6.04 Å². The van der Waals surface area contributed by atoms with Crippen molar-refractivity contribution in [3.05, 3.63) is 0 Å². The van der Waals surface area contributed by atoms with Crippen molar-refractivity contribution >= 4 is 17.8 Å². The summed E-state index contributed by atoms with van der Waals surface area (Å²) in [5.41, 5.74) is 0. The van der Waals surface area contributed by atoms with E-state index in [1.807, 2.05) is 0 Å². The van der Waals surface area contributed by atoms with Crippen molar-refractivity contribution in [2.45, 2.75) is 39.7 Å². The van der Waals surface area contributed by atoms with Gasteiger partial charge in [-0.1, -0.05) is 0 Å². The second kappa shape index (κ2) is 8.55. The Kier molecular flexibility index (Phi) is 7.75. The van der Waals surface area contributed by atoms with E-state index in [1.54, 1.807) is 13.8 Å². The summed E-state index contributed by atoms with van der Waals surface area (Å²) in [4.78, 5) is 33.1. The fourth-order valence-electron chi connectivity index (χ4n) is 1.20. The topological polar surface area (TPSA) is 84.5 Å². The summed E-state index contributed by atoms with van der Waals surface area (Å²) in [6.45, 7) is 5.45. The number of carbonyl (C=O) groups excluding carboxylic acids is 3. The van der Waals surface area contributed by atoms with Gasteiger partial charge in [0.15, 0.2) is 0 Å². The molecule has 0 aliphatic heterocycles. The summed E-state index contributed by atoms with van der Waals surface area (Å²) >= 11 is 0. The Morgan fingerprint density at radius 2 is 1.94 bits per heavy atom. The lowest BCUT2D eigenvalue weighted by Gasteiger charge is -2.12. The lowest BCUT2D eigenvalue weighted by Crippen LogP contribution is -2.44. The van der Waals surface area contributed by atoms with Gasteiger partial charge in [0.2, 0.25) is 11.8 Å². The second-order valence-electron chi connectivity index (χ2n) is 3.62. The highest BCUT2D eigenvalue weighted by Gasteiger charge is 2.12. The number of carbonyl (C=O) groups is 3. The molecule has 0 saturated heterocycles. The molecule has 0 aliphatic rings. The average Bonchev–Trinajstić information content (AvgIpc) is 2.23. The number of esters is 1. The van der Waals surface area contributed by atoms with E-state index in [2.05, 4.69) is 10.6 Å². The Bertz CT molecular complexity index is 279. The zero-order chi connectivity index (χ0) is 13.3. The highest BCUT2D eigenvalue weighted by molar-refractivity contribution is 5.86. The normalized spacial score (nSPS) is 11.5. The van der Waals surface area contributed by atoms with Crippen LogP contribution in [0.15, 0.2) is 0 Å². The van der Waals surface area contributed by atoms with Crippen molar-refractivity contribution in [1.82, 2.24) is 10.6 Å². The van der Waals surface area contributed by atoms with E-state index in [0.717, 1.165) is 0 Å². The number of amides is 2. The fraction of sp³-hybridized carbons (Fsp3) is 0.727. The van der Waals surface area contributed by atoms with Gasteiger partial charge in [-0.2, -0.15) is 0 Å². The van der Waals surface area contributed by atoms with Crippen LogP contribution < -0.4 is 10.6 Å². The van der Waals surface area contributed by atoms with Crippen LogP contribution in [0, 0.1) is 0 Å². The minimum Gasteiger partial charge on any atom is -0.466 e. The van der Waals surface area contributed by atoms with E-state index >= 15 is 0 Å². The van der Waals surface area contributed by atoms with Crippen molar-refractivity contribution in [2.24, 2.45) is 0 Å². The molecule has 0 saturated carbocycles. The second-order valence-corrected chi connectivity index (χ2v) is 3.62. The van der Waals surface area contributed by atoms with Gasteiger partial charge in [0.25, 0.3) is 0 Å². The summed E-state index contributed by atoms with van der Waals surface area (Å²) in [6.07, 6.45) is 0.806. The number of nitrogens with one attached hydrogen (secondary N) is 2. The molecular weight excluding hydrogens is 224 g/mol. The molecule has 0 fully saturated rings. The number of ether oxygens (including phenoxy) is 1. The molecule has 98 valence electrons. The maximum absolute atomic E-state index is 11.4. The first-order valence-corrected chi connectivity index (χ1v) is 5.67. The summed E-state index contributed by atoms with van der Waals surface area (Å²) in [5, 5.41) is 5.09. The average molecular weight is 244 g/mol. The molecule has 0 bridgehead atoms. The number of rotatable bonds is 7. The lowest BCUT2D eigenvalue weighted by atomic mass is 10.2. The highest BCUT2D eigenvalue weighted by Crippen LogP contribution is 1.92. The van der Waals surface area contributed by atoms with E-state index in [0.29, 0.717) is 19.6 Å². The first kappa shape index (κ1) is 15.4. The van der Waals surface area contributed by atoms with Crippen molar-refractivity contribution < 1.29 is 19.1 Å². The van der Waals surface area contributed by atoms with Crippen LogP contribution in [0.4, 0.5) is 0 Å². The number of hydrogen-bond acceptors (Lipinski definition) is 4. The third kappa shape index (κ3) is 8.24. The Morgan fingerprint density at radius 3 is 2.47 bits per heavy atom. The fourth-order valence-corrected chi connectivity index (χ4v) is 1.20. The van der Waals surface area contributed by atoms with E-state index in [9.17, 15) is 14.4 Å². The van der Waals surface area contributed by atoms with Crippen LogP contribution in [0.5, 0.6) is 0 Å². The number of hydrogen-bond donors (Lipinski definition) is 2. The zero-order valence-corrected chi connectivity index (χ0v) is 10.5. The smallest absolute Gasteiger partial charge is 0.305 e. The van der Waals surface area contributed by atoms with Crippen LogP contribution >= 0.6 is 0 Å². The van der Waals surface area contributed by atoms with Gasteiger partial charge in [0, 0.05) is 19.9 Å². The lowest BCUT2D eigenvalue weighted by molar-refractivity contribution is -0.143. The van der Waals surface area contributed by atoms with Gasteiger partial charge in [-0.15, -0.1) is 0 Å². The zero-order valence-electron chi connectivity index (χ0n) is 10.5. The monoisotopic (exact) mass is 244 g/mol. The molecule has 0 radical (unpaired) electrons. The first-order valence-electron chi connectivity index (χ1n) is 5.67. The molecule has 0 aliphatic carbocycles. The molecule has 6 nitrogen and oxygen atoms in total. The molecule has 0 aromatic rings. The standard InChI is InChI=1S/C11H20N2O4/c1-4-17-10(15)6-5-7-12-11(16)8(2)13-9(3)14/h8H,4-7H2,1-3H3,(H,12,16)(H,13,14). The van der Waals surface area contributed by atoms with Gasteiger partial charge in [0.05, 0.1) is 6.61 Å². The Morgan fingerprint density at radius 1 is 1.29 bits per heavy atom. The van der Waals surface area contributed by atoms with Crippen molar-refractivity contribution in [2.75, 3.05) is 13.2 Å². The molecule has 1 unspecified atom stereocenters. The van der Waals surface area contributed by atoms with Crippen molar-refractivity contribution in [3.8, 4) is 0 Å². The molecule has 0 heterocycles. The molecule has 0 spiro atoms. The van der Waals surface area contributed by atoms with Gasteiger partial charge in [-0.05, 0) is 20.3 Å². The minimum atomic E-state index is -0.560. The maximum Gasteiger partial charge on any atom is 0.305 e. The van der Waals surface area contributed by atoms with Gasteiger partial charge < -0.3 is 15.4 Å². The molecule has 0 aromatic heterocycles. The van der Waals surface area contributed by atoms with Crippen LogP contribution in [0.3, 0.4) is 0 Å². The molecule has 2 N–H and O–H groups in total. The van der Waals surface area contributed by atoms with Gasteiger partial charge in [-0.25, -0.2) is 0 Å². The third-order valence-electron chi connectivity index (χ3n) is 1.98. The Labute approximate surface area is 101 Å². The molecule has 0 aromatic carbocycles. The largest absolute Gasteiger partial charge is 0.466 e. The van der Waals surface area contributed by atoms with E-state index in [1.165, 1.54) is 6.92 Å². The predicted octanol–water partition coefficient (Wildman–Crippen LogP) is -0.0295. The molecule has 0 rings (SSSR count). The molecular formula is C11H20N2O4. The summed E-state index contributed by atoms with van der Waals surface area (Å²) < 4.78 is 4.74. The molecule has 6 heteroatoms. The summed E-state index contributed by atoms with van der Waals surface area (Å²) in [7, 11) is 0. The molecule has 1 atom stereocenters. The quantitative estimate of drug-likeness (QED) is 0.486. The van der Waals surface area contributed by atoms with Crippen molar-refractivity contribution in [3.63, 3.8) is 0 Å². The SMILES string of the molecule is CCOC(=O)CCCNC(=O)C(C)NC(C)=O.